The Hall–Kier alpha value is -2.74. The molecule has 4 aliphatic rings. The number of anilines is 1. The summed E-state index contributed by atoms with van der Waals surface area (Å²) >= 11 is 0. The van der Waals surface area contributed by atoms with Crippen molar-refractivity contribution in [3.63, 3.8) is 0 Å². The number of carbonyl (C=O) groups is 4. The predicted molar refractivity (Wildman–Crippen MR) is 109 cm³/mol. The molecule has 1 aliphatic carbocycles. The van der Waals surface area contributed by atoms with Crippen molar-refractivity contribution in [1.29, 1.82) is 0 Å². The van der Waals surface area contributed by atoms with Gasteiger partial charge in [-0.25, -0.2) is 0 Å². The minimum Gasteiger partial charge on any atom is -0.371 e. The average Bonchev–Trinajstić information content (AvgIpc) is 3.20. The second-order valence-electron chi connectivity index (χ2n) is 9.03. The Balaban J connectivity index is 1.35. The molecule has 3 fully saturated rings. The van der Waals surface area contributed by atoms with Gasteiger partial charge in [-0.15, -0.1) is 0 Å². The number of imide groups is 2. The van der Waals surface area contributed by atoms with Crippen molar-refractivity contribution >= 4 is 29.3 Å². The van der Waals surface area contributed by atoms with Gasteiger partial charge in [-0.05, 0) is 55.7 Å². The van der Waals surface area contributed by atoms with E-state index in [1.165, 1.54) is 12.8 Å². The molecule has 30 heavy (non-hydrogen) atoms. The van der Waals surface area contributed by atoms with Gasteiger partial charge in [0.25, 0.3) is 11.8 Å². The lowest BCUT2D eigenvalue weighted by atomic mass is 9.74. The molecule has 0 aromatic heterocycles. The van der Waals surface area contributed by atoms with Crippen LogP contribution in [0.25, 0.3) is 0 Å². The predicted octanol–water partition coefficient (Wildman–Crippen LogP) is 1.19. The maximum atomic E-state index is 13.0. The molecular formula is C22H26N4O4. The molecule has 8 nitrogen and oxygen atoms in total. The molecule has 3 aliphatic heterocycles. The Morgan fingerprint density at radius 1 is 0.967 bits per heavy atom. The van der Waals surface area contributed by atoms with E-state index >= 15 is 0 Å². The van der Waals surface area contributed by atoms with Gasteiger partial charge in [-0.2, -0.15) is 0 Å². The van der Waals surface area contributed by atoms with Crippen LogP contribution in [0.4, 0.5) is 5.69 Å². The molecule has 0 radical (unpaired) electrons. The molecule has 2 saturated heterocycles. The summed E-state index contributed by atoms with van der Waals surface area (Å²) in [5.74, 6) is -1.89. The monoisotopic (exact) mass is 410 g/mol. The second-order valence-corrected chi connectivity index (χ2v) is 9.03. The third kappa shape index (κ3) is 2.85. The quantitative estimate of drug-likeness (QED) is 0.708. The van der Waals surface area contributed by atoms with E-state index in [0.29, 0.717) is 11.1 Å². The number of hydrogen-bond donors (Lipinski definition) is 2. The van der Waals surface area contributed by atoms with Crippen molar-refractivity contribution < 1.29 is 19.2 Å². The fourth-order valence-electron chi connectivity index (χ4n) is 5.65. The Labute approximate surface area is 174 Å². The first-order valence-corrected chi connectivity index (χ1v) is 10.8. The summed E-state index contributed by atoms with van der Waals surface area (Å²) in [5, 5.41) is 2.22. The molecule has 2 atom stereocenters. The van der Waals surface area contributed by atoms with Crippen LogP contribution in [0.1, 0.15) is 65.7 Å². The maximum Gasteiger partial charge on any atom is 0.262 e. The number of piperidine rings is 2. The van der Waals surface area contributed by atoms with Crippen molar-refractivity contribution in [2.45, 2.75) is 57.0 Å². The van der Waals surface area contributed by atoms with E-state index in [-0.39, 0.29) is 30.2 Å². The van der Waals surface area contributed by atoms with Gasteiger partial charge in [0.05, 0.1) is 11.1 Å². The van der Waals surface area contributed by atoms with E-state index in [1.807, 2.05) is 6.07 Å². The first-order chi connectivity index (χ1) is 14.4. The number of rotatable bonds is 2. The molecule has 5 rings (SSSR count). The van der Waals surface area contributed by atoms with E-state index in [4.69, 9.17) is 5.73 Å². The summed E-state index contributed by atoms with van der Waals surface area (Å²) in [4.78, 5) is 52.7. The van der Waals surface area contributed by atoms with E-state index in [0.717, 1.165) is 42.9 Å². The zero-order chi connectivity index (χ0) is 21.0. The lowest BCUT2D eigenvalue weighted by Gasteiger charge is -2.43. The summed E-state index contributed by atoms with van der Waals surface area (Å²) in [6, 6.07) is 4.68. The molecule has 3 heterocycles. The van der Waals surface area contributed by atoms with Crippen molar-refractivity contribution in [3.8, 4) is 0 Å². The number of nitrogens with zero attached hydrogens (tertiary/aromatic N) is 2. The molecule has 158 valence electrons. The number of nitrogens with two attached hydrogens (primary N) is 1. The summed E-state index contributed by atoms with van der Waals surface area (Å²) in [6.45, 7) is 1.76. The average molecular weight is 410 g/mol. The molecule has 3 N–H and O–H groups in total. The maximum absolute atomic E-state index is 13.0. The molecule has 1 aromatic carbocycles. The van der Waals surface area contributed by atoms with Crippen LogP contribution in [-0.4, -0.2) is 53.7 Å². The first-order valence-electron chi connectivity index (χ1n) is 10.8. The molecule has 1 spiro atoms. The van der Waals surface area contributed by atoms with E-state index in [1.54, 1.807) is 12.1 Å². The first kappa shape index (κ1) is 19.2. The largest absolute Gasteiger partial charge is 0.371 e. The highest BCUT2D eigenvalue weighted by Gasteiger charge is 2.46. The molecule has 1 aromatic rings. The van der Waals surface area contributed by atoms with Crippen LogP contribution in [0.2, 0.25) is 0 Å². The summed E-state index contributed by atoms with van der Waals surface area (Å²) in [5.41, 5.74) is 8.20. The Morgan fingerprint density at radius 3 is 2.37 bits per heavy atom. The minimum absolute atomic E-state index is 0.118. The number of benzene rings is 1. The van der Waals surface area contributed by atoms with Gasteiger partial charge >= 0.3 is 0 Å². The van der Waals surface area contributed by atoms with Gasteiger partial charge in [0.15, 0.2) is 0 Å². The fourth-order valence-corrected chi connectivity index (χ4v) is 5.65. The van der Waals surface area contributed by atoms with Crippen molar-refractivity contribution in [2.24, 2.45) is 11.1 Å². The van der Waals surface area contributed by atoms with E-state index in [2.05, 4.69) is 10.2 Å². The van der Waals surface area contributed by atoms with Crippen molar-refractivity contribution in [3.05, 3.63) is 29.3 Å². The Kier molecular flexibility index (Phi) is 4.43. The van der Waals surface area contributed by atoms with Crippen LogP contribution < -0.4 is 16.0 Å². The Morgan fingerprint density at radius 2 is 1.70 bits per heavy atom. The van der Waals surface area contributed by atoms with Gasteiger partial charge in [-0.3, -0.25) is 29.4 Å². The van der Waals surface area contributed by atoms with Gasteiger partial charge in [-0.1, -0.05) is 6.42 Å². The molecule has 1 saturated carbocycles. The Bertz CT molecular complexity index is 950. The number of carbonyl (C=O) groups excluding carboxylic acids is 4. The third-order valence-corrected chi connectivity index (χ3v) is 7.52. The fraction of sp³-hybridized carbons (Fsp3) is 0.545. The molecule has 4 amide bonds. The van der Waals surface area contributed by atoms with Crippen molar-refractivity contribution in [1.82, 2.24) is 10.2 Å². The normalized spacial score (nSPS) is 28.3. The van der Waals surface area contributed by atoms with Crippen LogP contribution >= 0.6 is 0 Å². The van der Waals surface area contributed by atoms with Gasteiger partial charge in [0.2, 0.25) is 11.8 Å². The number of nitrogens with one attached hydrogen (secondary N) is 1. The minimum atomic E-state index is -0.933. The highest BCUT2D eigenvalue weighted by atomic mass is 16.2. The summed E-state index contributed by atoms with van der Waals surface area (Å²) in [7, 11) is 0. The highest BCUT2D eigenvalue weighted by Crippen LogP contribution is 2.46. The molecular weight excluding hydrogens is 384 g/mol. The molecule has 0 bridgehead atoms. The van der Waals surface area contributed by atoms with Crippen LogP contribution in [0.15, 0.2) is 18.2 Å². The lowest BCUT2D eigenvalue weighted by Crippen LogP contribution is -2.54. The lowest BCUT2D eigenvalue weighted by molar-refractivity contribution is -0.136. The summed E-state index contributed by atoms with van der Waals surface area (Å²) < 4.78 is 0. The smallest absolute Gasteiger partial charge is 0.262 e. The molecule has 8 heteroatoms. The van der Waals surface area contributed by atoms with Crippen LogP contribution in [0, 0.1) is 5.41 Å². The number of hydrogen-bond acceptors (Lipinski definition) is 6. The van der Waals surface area contributed by atoms with Gasteiger partial charge in [0.1, 0.15) is 6.04 Å². The van der Waals surface area contributed by atoms with Crippen LogP contribution in [0.3, 0.4) is 0 Å². The van der Waals surface area contributed by atoms with Crippen LogP contribution in [-0.2, 0) is 9.59 Å². The zero-order valence-corrected chi connectivity index (χ0v) is 16.9. The van der Waals surface area contributed by atoms with Gasteiger partial charge in [0, 0.05) is 31.2 Å². The zero-order valence-electron chi connectivity index (χ0n) is 16.9. The number of fused-ring (bicyclic) bond motifs is 1. The number of amides is 4. The summed E-state index contributed by atoms with van der Waals surface area (Å²) in [6.07, 6.45) is 5.86. The SMILES string of the molecule is NC1CCCC12CCN(c1ccc3c(c1)C(=O)N(C1CCC(=O)NC1=O)C3=O)CC2. The highest BCUT2D eigenvalue weighted by molar-refractivity contribution is 6.23. The van der Waals surface area contributed by atoms with Crippen LogP contribution in [0.5, 0.6) is 0 Å². The molecule has 2 unspecified atom stereocenters. The van der Waals surface area contributed by atoms with Crippen molar-refractivity contribution in [2.75, 3.05) is 18.0 Å². The third-order valence-electron chi connectivity index (χ3n) is 7.52. The van der Waals surface area contributed by atoms with E-state index in [9.17, 15) is 19.2 Å². The van der Waals surface area contributed by atoms with E-state index < -0.39 is 23.8 Å². The van der Waals surface area contributed by atoms with Gasteiger partial charge < -0.3 is 10.6 Å². The second kappa shape index (κ2) is 6.91. The standard InChI is InChI=1S/C22H26N4O4/c23-17-2-1-7-22(17)8-10-25(11-9-22)13-3-4-14-15(12-13)21(30)26(20(14)29)16-5-6-18(27)24-19(16)28/h3-4,12,16-17H,1-2,5-11,23H2,(H,24,27,28). The topological polar surface area (TPSA) is 113 Å².